The lowest BCUT2D eigenvalue weighted by Gasteiger charge is -2.16. The lowest BCUT2D eigenvalue weighted by atomic mass is 9.96. The van der Waals surface area contributed by atoms with E-state index < -0.39 is 0 Å². The monoisotopic (exact) mass is 431 g/mol. The van der Waals surface area contributed by atoms with Gasteiger partial charge in [-0.1, -0.05) is 6.92 Å². The molecule has 0 radical (unpaired) electrons. The number of esters is 1. The van der Waals surface area contributed by atoms with Crippen molar-refractivity contribution in [2.24, 2.45) is 0 Å². The fraction of sp³-hybridized carbons (Fsp3) is 0.350. The molecular formula is C20H22BrN3O3. The van der Waals surface area contributed by atoms with Crippen LogP contribution in [-0.4, -0.2) is 32.3 Å². The molecule has 1 N–H and O–H groups in total. The normalized spacial score (nSPS) is 11.1. The van der Waals surface area contributed by atoms with Crippen LogP contribution >= 0.6 is 15.9 Å². The summed E-state index contributed by atoms with van der Waals surface area (Å²) < 4.78 is 7.79. The molecule has 3 aromatic heterocycles. The van der Waals surface area contributed by atoms with E-state index in [4.69, 9.17) is 4.74 Å². The van der Waals surface area contributed by atoms with E-state index in [1.807, 2.05) is 22.7 Å². The van der Waals surface area contributed by atoms with Gasteiger partial charge in [0.15, 0.2) is 0 Å². The molecule has 3 aromatic rings. The summed E-state index contributed by atoms with van der Waals surface area (Å²) in [4.78, 5) is 16.2. The van der Waals surface area contributed by atoms with E-state index in [1.54, 1.807) is 19.3 Å². The standard InChI is InChI=1S/C20H22BrN3O3/c1-3-15-5-7-18-20(13-9-14(21)11-22-10-13)16(6-8-19(26)27-4-2)17(12-25)23-24(15)18/h5,7,9-11,25H,3-4,6,8,12H2,1-2H3. The number of carbonyl (C=O) groups is 1. The van der Waals surface area contributed by atoms with Crippen molar-refractivity contribution < 1.29 is 14.6 Å². The maximum absolute atomic E-state index is 11.9. The molecule has 0 saturated carbocycles. The fourth-order valence-electron chi connectivity index (χ4n) is 3.25. The van der Waals surface area contributed by atoms with Crippen LogP contribution in [0.2, 0.25) is 0 Å². The van der Waals surface area contributed by atoms with Gasteiger partial charge >= 0.3 is 5.97 Å². The molecule has 0 bridgehead atoms. The Bertz CT molecular complexity index is 969. The Kier molecular flexibility index (Phi) is 6.23. The van der Waals surface area contributed by atoms with Crippen molar-refractivity contribution in [2.45, 2.75) is 39.7 Å². The lowest BCUT2D eigenvalue weighted by Crippen LogP contribution is -2.11. The Hall–Kier alpha value is -2.25. The van der Waals surface area contributed by atoms with E-state index in [2.05, 4.69) is 32.9 Å². The highest BCUT2D eigenvalue weighted by Crippen LogP contribution is 2.33. The van der Waals surface area contributed by atoms with Crippen LogP contribution in [0.1, 0.15) is 37.2 Å². The first-order valence-corrected chi connectivity index (χ1v) is 9.78. The van der Waals surface area contributed by atoms with E-state index >= 15 is 0 Å². The molecule has 0 aliphatic heterocycles. The molecule has 0 aromatic carbocycles. The number of nitrogens with zero attached hydrogens (tertiary/aromatic N) is 3. The van der Waals surface area contributed by atoms with Gasteiger partial charge < -0.3 is 9.84 Å². The summed E-state index contributed by atoms with van der Waals surface area (Å²) in [5, 5.41) is 14.6. The number of aliphatic hydroxyl groups excluding tert-OH is 1. The molecule has 6 nitrogen and oxygen atoms in total. The molecule has 0 unspecified atom stereocenters. The third kappa shape index (κ3) is 4.04. The number of halogens is 1. The second kappa shape index (κ2) is 8.63. The first kappa shape index (κ1) is 19.5. The van der Waals surface area contributed by atoms with Gasteiger partial charge in [0, 0.05) is 40.1 Å². The highest BCUT2D eigenvalue weighted by molar-refractivity contribution is 9.10. The molecule has 0 aliphatic rings. The van der Waals surface area contributed by atoms with Crippen LogP contribution in [0.4, 0.5) is 0 Å². The Morgan fingerprint density at radius 1 is 1.30 bits per heavy atom. The van der Waals surface area contributed by atoms with E-state index in [1.165, 1.54) is 0 Å². The molecule has 3 rings (SSSR count). The summed E-state index contributed by atoms with van der Waals surface area (Å²) in [5.74, 6) is -0.260. The molecule has 7 heteroatoms. The van der Waals surface area contributed by atoms with Gasteiger partial charge in [-0.25, -0.2) is 4.52 Å². The minimum absolute atomic E-state index is 0.204. The fourth-order valence-corrected chi connectivity index (χ4v) is 3.62. The van der Waals surface area contributed by atoms with Gasteiger partial charge in [0.1, 0.15) is 0 Å². The van der Waals surface area contributed by atoms with Crippen LogP contribution in [0.15, 0.2) is 35.1 Å². The lowest BCUT2D eigenvalue weighted by molar-refractivity contribution is -0.143. The second-order valence-corrected chi connectivity index (χ2v) is 7.05. The summed E-state index contributed by atoms with van der Waals surface area (Å²) in [6.45, 7) is 4.00. The van der Waals surface area contributed by atoms with Crippen LogP contribution in [-0.2, 0) is 29.0 Å². The average Bonchev–Trinajstić information content (AvgIpc) is 3.07. The number of pyridine rings is 1. The SMILES string of the molecule is CCOC(=O)CCc1c(CO)nn2c(CC)ccc2c1-c1cncc(Br)c1. The van der Waals surface area contributed by atoms with Crippen molar-refractivity contribution in [3.05, 3.63) is 52.0 Å². The third-order valence-corrected chi connectivity index (χ3v) is 4.88. The molecule has 0 atom stereocenters. The van der Waals surface area contributed by atoms with E-state index in [-0.39, 0.29) is 19.0 Å². The quantitative estimate of drug-likeness (QED) is 0.576. The van der Waals surface area contributed by atoms with Crippen LogP contribution in [0.3, 0.4) is 0 Å². The van der Waals surface area contributed by atoms with E-state index in [0.717, 1.165) is 38.8 Å². The molecule has 3 heterocycles. The molecule has 0 saturated heterocycles. The number of fused-ring (bicyclic) bond motifs is 1. The number of carbonyl (C=O) groups excluding carboxylic acids is 1. The summed E-state index contributed by atoms with van der Waals surface area (Å²) in [5.41, 5.74) is 5.24. The smallest absolute Gasteiger partial charge is 0.306 e. The number of aryl methyl sites for hydroxylation is 1. The van der Waals surface area contributed by atoms with Gasteiger partial charge in [-0.3, -0.25) is 9.78 Å². The third-order valence-electron chi connectivity index (χ3n) is 4.45. The van der Waals surface area contributed by atoms with Crippen molar-refractivity contribution in [3.8, 4) is 11.1 Å². The van der Waals surface area contributed by atoms with Crippen molar-refractivity contribution in [1.82, 2.24) is 14.6 Å². The molecule has 0 spiro atoms. The zero-order valence-electron chi connectivity index (χ0n) is 15.4. The molecular weight excluding hydrogens is 410 g/mol. The Morgan fingerprint density at radius 3 is 2.78 bits per heavy atom. The van der Waals surface area contributed by atoms with Gasteiger partial charge in [0.25, 0.3) is 0 Å². The zero-order chi connectivity index (χ0) is 19.4. The number of aliphatic hydroxyl groups is 1. The largest absolute Gasteiger partial charge is 0.466 e. The number of hydrogen-bond donors (Lipinski definition) is 1. The highest BCUT2D eigenvalue weighted by atomic mass is 79.9. The molecule has 142 valence electrons. The summed E-state index contributed by atoms with van der Waals surface area (Å²) in [7, 11) is 0. The number of hydrogen-bond acceptors (Lipinski definition) is 5. The van der Waals surface area contributed by atoms with Crippen molar-refractivity contribution in [2.75, 3.05) is 6.61 Å². The van der Waals surface area contributed by atoms with Gasteiger partial charge in [-0.15, -0.1) is 0 Å². The Balaban J connectivity index is 2.21. The summed E-state index contributed by atoms with van der Waals surface area (Å²) in [6, 6.07) is 6.04. The van der Waals surface area contributed by atoms with Crippen molar-refractivity contribution >= 4 is 27.4 Å². The Labute approximate surface area is 166 Å². The second-order valence-electron chi connectivity index (χ2n) is 6.13. The van der Waals surface area contributed by atoms with Gasteiger partial charge in [0.2, 0.25) is 0 Å². The van der Waals surface area contributed by atoms with Crippen molar-refractivity contribution in [1.29, 1.82) is 0 Å². The number of rotatable bonds is 7. The van der Waals surface area contributed by atoms with Crippen LogP contribution < -0.4 is 0 Å². The first-order valence-electron chi connectivity index (χ1n) is 8.98. The molecule has 0 fully saturated rings. The van der Waals surface area contributed by atoms with Crippen LogP contribution in [0, 0.1) is 0 Å². The van der Waals surface area contributed by atoms with Gasteiger partial charge in [-0.2, -0.15) is 5.10 Å². The highest BCUT2D eigenvalue weighted by Gasteiger charge is 2.19. The zero-order valence-corrected chi connectivity index (χ0v) is 17.0. The number of aromatic nitrogens is 3. The topological polar surface area (TPSA) is 76.7 Å². The van der Waals surface area contributed by atoms with Crippen molar-refractivity contribution in [3.63, 3.8) is 0 Å². The minimum Gasteiger partial charge on any atom is -0.466 e. The minimum atomic E-state index is -0.260. The average molecular weight is 432 g/mol. The van der Waals surface area contributed by atoms with Gasteiger partial charge in [-0.05, 0) is 59.5 Å². The summed E-state index contributed by atoms with van der Waals surface area (Å²) >= 11 is 3.48. The maximum atomic E-state index is 11.9. The van der Waals surface area contributed by atoms with Crippen LogP contribution in [0.5, 0.6) is 0 Å². The molecule has 0 amide bonds. The number of ether oxygens (including phenoxy) is 1. The summed E-state index contributed by atoms with van der Waals surface area (Å²) in [6.07, 6.45) is 5.00. The van der Waals surface area contributed by atoms with E-state index in [0.29, 0.717) is 18.7 Å². The predicted molar refractivity (Wildman–Crippen MR) is 106 cm³/mol. The first-order chi connectivity index (χ1) is 13.1. The van der Waals surface area contributed by atoms with Gasteiger partial charge in [0.05, 0.1) is 24.4 Å². The molecule has 27 heavy (non-hydrogen) atoms. The van der Waals surface area contributed by atoms with E-state index in [9.17, 15) is 9.90 Å². The molecule has 0 aliphatic carbocycles. The van der Waals surface area contributed by atoms with Crippen LogP contribution in [0.25, 0.3) is 16.6 Å². The Morgan fingerprint density at radius 2 is 2.11 bits per heavy atom. The maximum Gasteiger partial charge on any atom is 0.306 e. The predicted octanol–water partition coefficient (Wildman–Crippen LogP) is 3.71.